The van der Waals surface area contributed by atoms with Crippen molar-refractivity contribution >= 4 is 12.6 Å². The Bertz CT molecular complexity index is 17.7. The highest BCUT2D eigenvalue weighted by molar-refractivity contribution is 7.80. The minimum Gasteiger partial charge on any atom is -0.412 e. The van der Waals surface area contributed by atoms with Gasteiger partial charge in [-0.3, -0.25) is 0 Å². The highest BCUT2D eigenvalue weighted by atomic mass is 32.1. The number of thiol groups is 1. The highest BCUT2D eigenvalue weighted by Crippen LogP contribution is 1.76. The van der Waals surface area contributed by atoms with Crippen molar-refractivity contribution in [2.24, 2.45) is 0 Å². The summed E-state index contributed by atoms with van der Waals surface area (Å²) >= 11 is 3.84. The largest absolute Gasteiger partial charge is 0.412 e. The van der Waals surface area contributed by atoms with Crippen molar-refractivity contribution in [2.45, 2.75) is 6.42 Å². The average molecular weight is 128 g/mol. The molecule has 0 amide bonds. The molecule has 0 aliphatic heterocycles. The Hall–Kier alpha value is 0.230. The SMILES string of the molecule is O.O.OCCCS. The predicted octanol–water partition coefficient (Wildman–Crippen LogP) is -1.35. The molecule has 48 valence electrons. The molecule has 0 atom stereocenters. The van der Waals surface area contributed by atoms with E-state index < -0.39 is 0 Å². The molecule has 0 heterocycles. The molecular weight excluding hydrogens is 116 g/mol. The van der Waals surface area contributed by atoms with Gasteiger partial charge < -0.3 is 16.1 Å². The molecule has 0 unspecified atom stereocenters. The maximum absolute atomic E-state index is 8.02. The number of hydrogen-bond acceptors (Lipinski definition) is 2. The lowest BCUT2D eigenvalue weighted by molar-refractivity contribution is 0.296. The van der Waals surface area contributed by atoms with Gasteiger partial charge >= 0.3 is 0 Å². The molecule has 0 radical (unpaired) electrons. The van der Waals surface area contributed by atoms with Crippen LogP contribution in [0.1, 0.15) is 6.42 Å². The normalized spacial score (nSPS) is 6.00. The average Bonchev–Trinajstić information content (AvgIpc) is 1.41. The van der Waals surface area contributed by atoms with E-state index in [1.54, 1.807) is 0 Å². The first-order valence-corrected chi connectivity index (χ1v) is 2.26. The molecular formula is C3H12O3S. The van der Waals surface area contributed by atoms with Crippen molar-refractivity contribution in [1.82, 2.24) is 0 Å². The second kappa shape index (κ2) is 16.3. The molecule has 0 aromatic rings. The van der Waals surface area contributed by atoms with Crippen LogP contribution >= 0.6 is 12.6 Å². The standard InChI is InChI=1S/C3H8OS.2H2O/c4-2-1-3-5;;/h4-5H,1-3H2;2*1H2. The number of hydrogen-bond donors (Lipinski definition) is 2. The van der Waals surface area contributed by atoms with Crippen LogP contribution in [0.25, 0.3) is 0 Å². The Labute approximate surface area is 48.4 Å². The van der Waals surface area contributed by atoms with Gasteiger partial charge in [-0.2, -0.15) is 12.6 Å². The van der Waals surface area contributed by atoms with Crippen LogP contribution < -0.4 is 0 Å². The van der Waals surface area contributed by atoms with Crippen LogP contribution in [-0.4, -0.2) is 28.4 Å². The summed E-state index contributed by atoms with van der Waals surface area (Å²) in [5.41, 5.74) is 0. The van der Waals surface area contributed by atoms with E-state index in [1.165, 1.54) is 0 Å². The molecule has 0 rings (SSSR count). The summed E-state index contributed by atoms with van der Waals surface area (Å²) in [7, 11) is 0. The van der Waals surface area contributed by atoms with Crippen molar-refractivity contribution in [3.8, 4) is 0 Å². The van der Waals surface area contributed by atoms with Crippen molar-refractivity contribution in [3.05, 3.63) is 0 Å². The van der Waals surface area contributed by atoms with Gasteiger partial charge in [0, 0.05) is 6.61 Å². The van der Waals surface area contributed by atoms with Gasteiger partial charge in [0.15, 0.2) is 0 Å². The zero-order valence-corrected chi connectivity index (χ0v) is 4.91. The van der Waals surface area contributed by atoms with E-state index in [1.807, 2.05) is 0 Å². The predicted molar refractivity (Wildman–Crippen MR) is 32.8 cm³/mol. The van der Waals surface area contributed by atoms with Gasteiger partial charge in [0.2, 0.25) is 0 Å². The van der Waals surface area contributed by atoms with Crippen molar-refractivity contribution < 1.29 is 16.1 Å². The fourth-order valence-electron chi connectivity index (χ4n) is 0.0707. The van der Waals surface area contributed by atoms with E-state index in [2.05, 4.69) is 12.6 Å². The maximum atomic E-state index is 8.02. The van der Waals surface area contributed by atoms with Crippen LogP contribution in [0.2, 0.25) is 0 Å². The van der Waals surface area contributed by atoms with Gasteiger partial charge in [0.1, 0.15) is 0 Å². The van der Waals surface area contributed by atoms with Crippen LogP contribution in [-0.2, 0) is 0 Å². The molecule has 0 aliphatic rings. The minimum atomic E-state index is 0. The zero-order valence-electron chi connectivity index (χ0n) is 4.02. The monoisotopic (exact) mass is 128 g/mol. The molecule has 4 heteroatoms. The zero-order chi connectivity index (χ0) is 4.12. The molecule has 3 nitrogen and oxygen atoms in total. The summed E-state index contributed by atoms with van der Waals surface area (Å²) in [5.74, 6) is 0.788. The fourth-order valence-corrected chi connectivity index (χ4v) is 0.212. The molecule has 0 bridgehead atoms. The van der Waals surface area contributed by atoms with Crippen molar-refractivity contribution in [2.75, 3.05) is 12.4 Å². The summed E-state index contributed by atoms with van der Waals surface area (Å²) in [4.78, 5) is 0. The van der Waals surface area contributed by atoms with Gasteiger partial charge in [-0.15, -0.1) is 0 Å². The van der Waals surface area contributed by atoms with Crippen LogP contribution in [0.5, 0.6) is 0 Å². The van der Waals surface area contributed by atoms with E-state index in [0.29, 0.717) is 0 Å². The summed E-state index contributed by atoms with van der Waals surface area (Å²) in [5, 5.41) is 8.02. The quantitative estimate of drug-likeness (QED) is 0.443. The molecule has 0 spiro atoms. The topological polar surface area (TPSA) is 83.2 Å². The molecule has 0 aromatic heterocycles. The summed E-state index contributed by atoms with van der Waals surface area (Å²) in [6.07, 6.45) is 0.809. The van der Waals surface area contributed by atoms with Gasteiger partial charge in [0.05, 0.1) is 0 Å². The lowest BCUT2D eigenvalue weighted by Gasteiger charge is -1.79. The number of aliphatic hydroxyl groups is 1. The third-order valence-corrected chi connectivity index (χ3v) is 0.632. The Morgan fingerprint density at radius 3 is 1.71 bits per heavy atom. The maximum Gasteiger partial charge on any atom is 0.0438 e. The second-order valence-electron chi connectivity index (χ2n) is 0.801. The molecule has 0 fully saturated rings. The van der Waals surface area contributed by atoms with E-state index in [4.69, 9.17) is 5.11 Å². The first kappa shape index (κ1) is 15.7. The number of aliphatic hydroxyl groups excluding tert-OH is 1. The molecule has 0 aliphatic carbocycles. The van der Waals surface area contributed by atoms with Crippen LogP contribution in [0.3, 0.4) is 0 Å². The van der Waals surface area contributed by atoms with Gasteiger partial charge in [-0.05, 0) is 12.2 Å². The fraction of sp³-hybridized carbons (Fsp3) is 1.00. The summed E-state index contributed by atoms with van der Waals surface area (Å²) in [6.45, 7) is 0.267. The highest BCUT2D eigenvalue weighted by Gasteiger charge is 1.69. The third-order valence-electron chi connectivity index (χ3n) is 0.316. The van der Waals surface area contributed by atoms with E-state index in [9.17, 15) is 0 Å². The van der Waals surface area contributed by atoms with E-state index in [0.717, 1.165) is 12.2 Å². The third kappa shape index (κ3) is 22.4. The van der Waals surface area contributed by atoms with Gasteiger partial charge in [-0.1, -0.05) is 0 Å². The smallest absolute Gasteiger partial charge is 0.0438 e. The lowest BCUT2D eigenvalue weighted by Crippen LogP contribution is -1.79. The van der Waals surface area contributed by atoms with Crippen molar-refractivity contribution in [1.29, 1.82) is 0 Å². The van der Waals surface area contributed by atoms with Crippen molar-refractivity contribution in [3.63, 3.8) is 0 Å². The van der Waals surface area contributed by atoms with E-state index >= 15 is 0 Å². The van der Waals surface area contributed by atoms with Gasteiger partial charge in [-0.25, -0.2) is 0 Å². The molecule has 0 aromatic carbocycles. The van der Waals surface area contributed by atoms with Crippen LogP contribution in [0, 0.1) is 0 Å². The van der Waals surface area contributed by atoms with E-state index in [-0.39, 0.29) is 17.6 Å². The Balaban J connectivity index is -0.0000000800. The Kier molecular flexibility index (Phi) is 36.6. The first-order valence-electron chi connectivity index (χ1n) is 1.63. The van der Waals surface area contributed by atoms with Gasteiger partial charge in [0.25, 0.3) is 0 Å². The number of rotatable bonds is 2. The van der Waals surface area contributed by atoms with Crippen LogP contribution in [0.15, 0.2) is 0 Å². The minimum absolute atomic E-state index is 0. The molecule has 0 saturated heterocycles. The Morgan fingerprint density at radius 1 is 1.29 bits per heavy atom. The summed E-state index contributed by atoms with van der Waals surface area (Å²) < 4.78 is 0. The first-order chi connectivity index (χ1) is 2.41. The second-order valence-corrected chi connectivity index (χ2v) is 1.25. The lowest BCUT2D eigenvalue weighted by atomic mass is 10.5. The van der Waals surface area contributed by atoms with Crippen LogP contribution in [0.4, 0.5) is 0 Å². The summed E-state index contributed by atoms with van der Waals surface area (Å²) in [6, 6.07) is 0. The molecule has 5 N–H and O–H groups in total. The Morgan fingerprint density at radius 2 is 1.71 bits per heavy atom. The molecule has 0 saturated carbocycles. The molecule has 7 heavy (non-hydrogen) atoms.